The number of rotatable bonds is 8. The molecule has 2 nitrogen and oxygen atoms in total. The maximum Gasteiger partial charge on any atom is 0.247 e. The van der Waals surface area contributed by atoms with E-state index in [4.69, 9.17) is 0 Å². The summed E-state index contributed by atoms with van der Waals surface area (Å²) in [5.41, 5.74) is 26.9. The molecule has 0 radical (unpaired) electrons. The lowest BCUT2D eigenvalue weighted by Crippen LogP contribution is -2.61. The van der Waals surface area contributed by atoms with Gasteiger partial charge in [0.15, 0.2) is 0 Å². The molecule has 0 fully saturated rings. The van der Waals surface area contributed by atoms with Gasteiger partial charge in [-0.25, -0.2) is 0 Å². The monoisotopic (exact) mass is 900 g/mol. The molecule has 338 valence electrons. The van der Waals surface area contributed by atoms with E-state index in [1.54, 1.807) is 0 Å². The molecule has 11 aromatic rings. The molecule has 0 atom stereocenters. The first kappa shape index (κ1) is 42.8. The van der Waals surface area contributed by atoms with Crippen LogP contribution < -0.4 is 32.8 Å². The van der Waals surface area contributed by atoms with Crippen LogP contribution in [0.3, 0.4) is 0 Å². The minimum absolute atomic E-state index is 0.0222. The second kappa shape index (κ2) is 16.1. The molecule has 70 heavy (non-hydrogen) atoms. The van der Waals surface area contributed by atoms with Gasteiger partial charge in [-0.05, 0) is 126 Å². The second-order valence-electron chi connectivity index (χ2n) is 21.5. The third kappa shape index (κ3) is 6.21. The van der Waals surface area contributed by atoms with Crippen molar-refractivity contribution in [3.05, 3.63) is 204 Å². The standard InChI is InChI=1S/C66H58B2N2/c1-39(2)47-27-19-28-48(40(3)4)63(47)67-55-37-62-56(38-61(55)69-59-31-17-15-25-51(59)53-33-45(35-57(67)65(53)69)43-21-11-9-12-22-43)68(64-49(41(5)6)29-20-30-50(64)42(7)8)58-36-46(44-23-13-10-14-24-44)34-54-52-26-16-18-32-60(52)70(62)66(54)58/h9-42H,1-8H3. The van der Waals surface area contributed by atoms with Crippen LogP contribution in [0, 0.1) is 0 Å². The first-order chi connectivity index (χ1) is 34.1. The molecule has 0 saturated carbocycles. The molecule has 4 heterocycles. The predicted octanol–water partition coefficient (Wildman–Crippen LogP) is 13.4. The lowest BCUT2D eigenvalue weighted by atomic mass is 9.31. The van der Waals surface area contributed by atoms with Gasteiger partial charge in [0.25, 0.3) is 0 Å². The van der Waals surface area contributed by atoms with Crippen LogP contribution in [0.5, 0.6) is 0 Å². The van der Waals surface area contributed by atoms with E-state index in [9.17, 15) is 0 Å². The summed E-state index contributed by atoms with van der Waals surface area (Å²) in [5.74, 6) is 1.33. The van der Waals surface area contributed by atoms with Crippen LogP contribution in [0.2, 0.25) is 0 Å². The van der Waals surface area contributed by atoms with Crippen molar-refractivity contribution in [2.45, 2.75) is 79.1 Å². The summed E-state index contributed by atoms with van der Waals surface area (Å²) >= 11 is 0. The van der Waals surface area contributed by atoms with Crippen molar-refractivity contribution in [2.75, 3.05) is 0 Å². The highest BCUT2D eigenvalue weighted by Crippen LogP contribution is 2.40. The zero-order chi connectivity index (χ0) is 47.7. The highest BCUT2D eigenvalue weighted by Gasteiger charge is 2.42. The first-order valence-electron chi connectivity index (χ1n) is 25.8. The summed E-state index contributed by atoms with van der Waals surface area (Å²) in [6, 6.07) is 70.2. The number of para-hydroxylation sites is 2. The lowest BCUT2D eigenvalue weighted by molar-refractivity contribution is 0.845. The molecule has 4 heteroatoms. The summed E-state index contributed by atoms with van der Waals surface area (Å²) in [6.07, 6.45) is 0. The highest BCUT2D eigenvalue weighted by atomic mass is 15.0. The highest BCUT2D eigenvalue weighted by molar-refractivity contribution is 7.00. The van der Waals surface area contributed by atoms with Gasteiger partial charge >= 0.3 is 0 Å². The van der Waals surface area contributed by atoms with Gasteiger partial charge < -0.3 is 9.13 Å². The van der Waals surface area contributed by atoms with Crippen LogP contribution in [0.1, 0.15) is 101 Å². The van der Waals surface area contributed by atoms with Crippen LogP contribution in [-0.2, 0) is 0 Å². The molecule has 0 bridgehead atoms. The zero-order valence-corrected chi connectivity index (χ0v) is 41.7. The zero-order valence-electron chi connectivity index (χ0n) is 41.7. The van der Waals surface area contributed by atoms with E-state index in [2.05, 4.69) is 247 Å². The fourth-order valence-corrected chi connectivity index (χ4v) is 13.1. The molecular weight excluding hydrogens is 842 g/mol. The van der Waals surface area contributed by atoms with Crippen molar-refractivity contribution in [1.82, 2.24) is 9.13 Å². The number of fused-ring (bicyclic) bond motifs is 10. The largest absolute Gasteiger partial charge is 0.310 e. The minimum atomic E-state index is -0.0222. The number of hydrogen-bond donors (Lipinski definition) is 0. The summed E-state index contributed by atoms with van der Waals surface area (Å²) in [6.45, 7) is 19.1. The predicted molar refractivity (Wildman–Crippen MR) is 305 cm³/mol. The average molecular weight is 901 g/mol. The Balaban J connectivity index is 1.25. The van der Waals surface area contributed by atoms with E-state index in [1.165, 1.54) is 132 Å². The van der Waals surface area contributed by atoms with E-state index in [-0.39, 0.29) is 13.4 Å². The number of nitrogens with zero attached hydrogens (tertiary/aromatic N) is 2. The van der Waals surface area contributed by atoms with Crippen LogP contribution in [-0.4, -0.2) is 22.6 Å². The Morgan fingerprint density at radius 3 is 1.00 bits per heavy atom. The van der Waals surface area contributed by atoms with E-state index in [1.807, 2.05) is 0 Å². The molecule has 0 spiro atoms. The Hall–Kier alpha value is -7.29. The summed E-state index contributed by atoms with van der Waals surface area (Å²) < 4.78 is 5.34. The summed E-state index contributed by atoms with van der Waals surface area (Å²) in [5, 5.41) is 5.21. The third-order valence-corrected chi connectivity index (χ3v) is 16.1. The van der Waals surface area contributed by atoms with Crippen molar-refractivity contribution in [2.24, 2.45) is 0 Å². The van der Waals surface area contributed by atoms with E-state index < -0.39 is 0 Å². The number of hydrogen-bond acceptors (Lipinski definition) is 0. The number of benzene rings is 9. The van der Waals surface area contributed by atoms with Crippen molar-refractivity contribution in [3.8, 4) is 33.6 Å². The minimum Gasteiger partial charge on any atom is -0.310 e. The van der Waals surface area contributed by atoms with Gasteiger partial charge in [0.05, 0.1) is 11.0 Å². The van der Waals surface area contributed by atoms with Crippen LogP contribution in [0.15, 0.2) is 182 Å². The second-order valence-corrected chi connectivity index (χ2v) is 21.5. The molecule has 0 unspecified atom stereocenters. The Morgan fingerprint density at radius 1 is 0.300 bits per heavy atom. The smallest absolute Gasteiger partial charge is 0.247 e. The Bertz CT molecular complexity index is 3600. The summed E-state index contributed by atoms with van der Waals surface area (Å²) in [7, 11) is 0. The molecule has 13 rings (SSSR count). The summed E-state index contributed by atoms with van der Waals surface area (Å²) in [4.78, 5) is 0. The molecule has 0 aliphatic carbocycles. The van der Waals surface area contributed by atoms with Gasteiger partial charge in [0.1, 0.15) is 0 Å². The van der Waals surface area contributed by atoms with Gasteiger partial charge in [0.2, 0.25) is 13.4 Å². The molecule has 2 aliphatic heterocycles. The van der Waals surface area contributed by atoms with Crippen LogP contribution in [0.4, 0.5) is 0 Å². The van der Waals surface area contributed by atoms with E-state index in [0.717, 1.165) is 0 Å². The van der Waals surface area contributed by atoms with Gasteiger partial charge in [-0.15, -0.1) is 0 Å². The van der Waals surface area contributed by atoms with Crippen LogP contribution in [0.25, 0.3) is 77.2 Å². The Kier molecular flexibility index (Phi) is 9.86. The fourth-order valence-electron chi connectivity index (χ4n) is 13.1. The van der Waals surface area contributed by atoms with Gasteiger partial charge in [-0.2, -0.15) is 0 Å². The fraction of sp³-hybridized carbons (Fsp3) is 0.182. The molecule has 0 saturated heterocycles. The van der Waals surface area contributed by atoms with Gasteiger partial charge in [0, 0.05) is 44.0 Å². The third-order valence-electron chi connectivity index (χ3n) is 16.1. The Labute approximate surface area is 413 Å². The molecule has 9 aromatic carbocycles. The molecule has 0 N–H and O–H groups in total. The Morgan fingerprint density at radius 2 is 0.643 bits per heavy atom. The first-order valence-corrected chi connectivity index (χ1v) is 25.8. The van der Waals surface area contributed by atoms with Crippen molar-refractivity contribution in [3.63, 3.8) is 0 Å². The molecule has 2 aromatic heterocycles. The maximum atomic E-state index is 2.68. The van der Waals surface area contributed by atoms with E-state index >= 15 is 0 Å². The van der Waals surface area contributed by atoms with E-state index in [0.29, 0.717) is 23.7 Å². The topological polar surface area (TPSA) is 9.86 Å². The molecule has 2 aliphatic rings. The average Bonchev–Trinajstić information content (AvgIpc) is 3.90. The SMILES string of the molecule is CC(C)c1cccc(C(C)C)c1B1c2cc3c(cc2-n2c4ccccc4c4cc(-c5ccccc5)cc1c42)B(c1c(C(C)C)cccc1C(C)C)c1cc(-c2ccccc2)cc2c4ccccc4n-3c12. The van der Waals surface area contributed by atoms with Gasteiger partial charge in [-0.1, -0.05) is 212 Å². The lowest BCUT2D eigenvalue weighted by Gasteiger charge is -2.36. The molecular formula is C66H58B2N2. The van der Waals surface area contributed by atoms with Crippen molar-refractivity contribution >= 4 is 89.8 Å². The normalized spacial score (nSPS) is 13.0. The maximum absolute atomic E-state index is 2.68. The van der Waals surface area contributed by atoms with Crippen molar-refractivity contribution in [1.29, 1.82) is 0 Å². The quantitative estimate of drug-likeness (QED) is 0.135. The molecule has 0 amide bonds. The van der Waals surface area contributed by atoms with Crippen molar-refractivity contribution < 1.29 is 0 Å². The van der Waals surface area contributed by atoms with Gasteiger partial charge in [-0.3, -0.25) is 0 Å². The van der Waals surface area contributed by atoms with Crippen LogP contribution >= 0.6 is 0 Å². The number of aromatic nitrogens is 2.